The van der Waals surface area contributed by atoms with Crippen molar-refractivity contribution < 1.29 is 0 Å². The molecule has 0 unspecified atom stereocenters. The fourth-order valence-electron chi connectivity index (χ4n) is 3.21. The van der Waals surface area contributed by atoms with Crippen LogP contribution in [0, 0.1) is 10.8 Å². The van der Waals surface area contributed by atoms with Gasteiger partial charge in [0.2, 0.25) is 0 Å². The van der Waals surface area contributed by atoms with E-state index < -0.39 is 8.07 Å². The highest BCUT2D eigenvalue weighted by atomic mass is 32.2. The van der Waals surface area contributed by atoms with Gasteiger partial charge in [-0.15, -0.1) is 5.54 Å². The molecule has 0 saturated carbocycles. The van der Waals surface area contributed by atoms with Crippen LogP contribution in [0.3, 0.4) is 0 Å². The third-order valence-corrected chi connectivity index (χ3v) is 11.5. The summed E-state index contributed by atoms with van der Waals surface area (Å²) in [6.07, 6.45) is 5.39. The number of unbranched alkanes of at least 4 members (excludes halogenated alkanes) is 3. The van der Waals surface area contributed by atoms with E-state index in [-0.39, 0.29) is 0 Å². The monoisotopic (exact) mass is 298 g/mol. The highest BCUT2D eigenvalue weighted by molar-refractivity contribution is 8.03. The van der Waals surface area contributed by atoms with Crippen molar-refractivity contribution >= 4 is 19.8 Å². The van der Waals surface area contributed by atoms with Crippen molar-refractivity contribution in [3.8, 4) is 10.8 Å². The molecule has 0 amide bonds. The van der Waals surface area contributed by atoms with Gasteiger partial charge < -0.3 is 0 Å². The zero-order valence-electron chi connectivity index (χ0n) is 14.2. The minimum Gasteiger partial charge on any atom is -0.119 e. The second-order valence-electron chi connectivity index (χ2n) is 6.53. The van der Waals surface area contributed by atoms with E-state index in [1.807, 2.05) is 11.8 Å². The summed E-state index contributed by atoms with van der Waals surface area (Å²) in [6.45, 7) is 16.6. The molecule has 0 bridgehead atoms. The Morgan fingerprint density at radius 2 is 1.37 bits per heavy atom. The number of hydrogen-bond donors (Lipinski definition) is 0. The second-order valence-corrected chi connectivity index (χ2v) is 13.0. The molecule has 112 valence electrons. The molecule has 0 atom stereocenters. The van der Waals surface area contributed by atoms with E-state index in [2.05, 4.69) is 59.3 Å². The Labute approximate surface area is 127 Å². The van der Waals surface area contributed by atoms with Crippen molar-refractivity contribution in [2.75, 3.05) is 5.75 Å². The van der Waals surface area contributed by atoms with Crippen LogP contribution in [-0.2, 0) is 0 Å². The maximum atomic E-state index is 3.77. The highest BCUT2D eigenvalue weighted by Crippen LogP contribution is 2.40. The van der Waals surface area contributed by atoms with Crippen LogP contribution in [0.4, 0.5) is 0 Å². The van der Waals surface area contributed by atoms with Crippen LogP contribution in [0.15, 0.2) is 0 Å². The van der Waals surface area contributed by atoms with Crippen LogP contribution in [0.1, 0.15) is 74.1 Å². The van der Waals surface area contributed by atoms with Gasteiger partial charge in [-0.1, -0.05) is 79.5 Å². The van der Waals surface area contributed by atoms with Crippen molar-refractivity contribution in [3.05, 3.63) is 0 Å². The van der Waals surface area contributed by atoms with Gasteiger partial charge in [0.25, 0.3) is 0 Å². The molecule has 2 heteroatoms. The third-order valence-electron chi connectivity index (χ3n) is 4.31. The summed E-state index contributed by atoms with van der Waals surface area (Å²) in [6, 6.07) is 0. The van der Waals surface area contributed by atoms with Gasteiger partial charge in [-0.3, -0.25) is 0 Å². The van der Waals surface area contributed by atoms with Gasteiger partial charge in [0.15, 0.2) is 0 Å². The van der Waals surface area contributed by atoms with Gasteiger partial charge in [-0.05, 0) is 28.3 Å². The number of hydrogen-bond acceptors (Lipinski definition) is 1. The van der Waals surface area contributed by atoms with Gasteiger partial charge in [-0.2, -0.15) is 0 Å². The first-order chi connectivity index (χ1) is 8.89. The van der Waals surface area contributed by atoms with Crippen molar-refractivity contribution in [2.45, 2.75) is 90.8 Å². The molecule has 0 nitrogen and oxygen atoms in total. The van der Waals surface area contributed by atoms with Gasteiger partial charge in [0, 0.05) is 5.75 Å². The van der Waals surface area contributed by atoms with E-state index >= 15 is 0 Å². The van der Waals surface area contributed by atoms with E-state index in [1.54, 1.807) is 0 Å². The maximum Gasteiger partial charge on any atom is 0.147 e. The second kappa shape index (κ2) is 9.94. The summed E-state index contributed by atoms with van der Waals surface area (Å²) in [7, 11) is -1.48. The predicted octanol–water partition coefficient (Wildman–Crippen LogP) is 6.48. The van der Waals surface area contributed by atoms with Crippen LogP contribution < -0.4 is 0 Å². The lowest BCUT2D eigenvalue weighted by Gasteiger charge is -2.37. The normalized spacial score (nSPS) is 12.1. The molecular weight excluding hydrogens is 264 g/mol. The van der Waals surface area contributed by atoms with Crippen LogP contribution in [0.25, 0.3) is 0 Å². The van der Waals surface area contributed by atoms with E-state index in [9.17, 15) is 0 Å². The molecule has 0 aliphatic heterocycles. The summed E-state index contributed by atoms with van der Waals surface area (Å²) in [5.74, 6) is 1.21. The lowest BCUT2D eigenvalue weighted by atomic mass is 10.2. The Morgan fingerprint density at radius 3 is 1.79 bits per heavy atom. The zero-order chi connectivity index (χ0) is 14.9. The molecule has 0 radical (unpaired) electrons. The number of thioether (sulfide) groups is 1. The molecule has 0 aromatic rings. The Hall–Kier alpha value is 0.127. The number of rotatable bonds is 8. The topological polar surface area (TPSA) is 0 Å². The predicted molar refractivity (Wildman–Crippen MR) is 95.4 cm³/mol. The molecule has 0 aromatic heterocycles. The highest BCUT2D eigenvalue weighted by Gasteiger charge is 2.41. The Balaban J connectivity index is 4.51. The quantitative estimate of drug-likeness (QED) is 0.281. The van der Waals surface area contributed by atoms with Crippen molar-refractivity contribution in [3.63, 3.8) is 0 Å². The van der Waals surface area contributed by atoms with E-state index in [1.165, 1.54) is 31.4 Å². The molecule has 0 N–H and O–H groups in total. The maximum absolute atomic E-state index is 3.77. The average molecular weight is 299 g/mol. The fourth-order valence-corrected chi connectivity index (χ4v) is 9.52. The van der Waals surface area contributed by atoms with E-state index in [0.717, 1.165) is 16.6 Å². The summed E-state index contributed by atoms with van der Waals surface area (Å²) >= 11 is 1.86. The van der Waals surface area contributed by atoms with Gasteiger partial charge in [0.1, 0.15) is 8.07 Å². The summed E-state index contributed by atoms with van der Waals surface area (Å²) in [5.41, 5.74) is 6.03. The first-order valence-corrected chi connectivity index (χ1v) is 11.2. The van der Waals surface area contributed by atoms with Crippen LogP contribution in [-0.4, -0.2) is 13.8 Å². The minimum absolute atomic E-state index is 0.751. The smallest absolute Gasteiger partial charge is 0.119 e. The minimum atomic E-state index is -1.48. The molecular formula is C17H34SSi. The molecule has 0 fully saturated rings. The average Bonchev–Trinajstić information content (AvgIpc) is 2.31. The molecule has 0 saturated heterocycles. The van der Waals surface area contributed by atoms with E-state index in [0.29, 0.717) is 0 Å². The standard InChI is InChI=1S/C17H34SSi/c1-8-9-10-11-12-18-13-14-19(15(2)3,16(4)5)17(6)7/h15-17H,8-12H2,1-7H3. The fraction of sp³-hybridized carbons (Fsp3) is 0.882. The summed E-state index contributed by atoms with van der Waals surface area (Å²) < 4.78 is 0. The molecule has 0 aliphatic carbocycles. The van der Waals surface area contributed by atoms with Gasteiger partial charge >= 0.3 is 0 Å². The molecule has 0 spiro atoms. The van der Waals surface area contributed by atoms with Crippen molar-refractivity contribution in [1.82, 2.24) is 0 Å². The van der Waals surface area contributed by atoms with Crippen molar-refractivity contribution in [2.24, 2.45) is 0 Å². The van der Waals surface area contributed by atoms with Gasteiger partial charge in [0.05, 0.1) is 0 Å². The zero-order valence-corrected chi connectivity index (χ0v) is 16.0. The van der Waals surface area contributed by atoms with Crippen LogP contribution >= 0.6 is 11.8 Å². The largest absolute Gasteiger partial charge is 0.147 e. The summed E-state index contributed by atoms with van der Waals surface area (Å²) in [5, 5.41) is 3.48. The van der Waals surface area contributed by atoms with Crippen molar-refractivity contribution in [1.29, 1.82) is 0 Å². The lowest BCUT2D eigenvalue weighted by Crippen LogP contribution is -2.43. The van der Waals surface area contributed by atoms with E-state index in [4.69, 9.17) is 0 Å². The first-order valence-electron chi connectivity index (χ1n) is 8.03. The Bertz CT molecular complexity index is 262. The van der Waals surface area contributed by atoms with Crippen LogP contribution in [0.2, 0.25) is 16.6 Å². The lowest BCUT2D eigenvalue weighted by molar-refractivity contribution is 0.707. The van der Waals surface area contributed by atoms with Gasteiger partial charge in [-0.25, -0.2) is 0 Å². The first kappa shape index (κ1) is 19.1. The Morgan fingerprint density at radius 1 is 0.842 bits per heavy atom. The molecule has 0 aliphatic rings. The molecule has 0 aromatic carbocycles. The Kier molecular flexibility index (Phi) is 10.0. The summed E-state index contributed by atoms with van der Waals surface area (Å²) in [4.78, 5) is 0. The molecule has 19 heavy (non-hydrogen) atoms. The molecule has 0 rings (SSSR count). The molecule has 0 heterocycles. The SMILES string of the molecule is CCCCCCSC#C[Si](C(C)C)(C(C)C)C(C)C. The van der Waals surface area contributed by atoms with Crippen LogP contribution in [0.5, 0.6) is 0 Å². The third kappa shape index (κ3) is 5.96.